The van der Waals surface area contributed by atoms with Crippen LogP contribution in [0.3, 0.4) is 0 Å². The quantitative estimate of drug-likeness (QED) is 0.513. The Kier molecular flexibility index (Phi) is 4.01. The molecule has 0 amide bonds. The molecule has 0 fully saturated rings. The highest BCUT2D eigenvalue weighted by molar-refractivity contribution is 9.10. The normalized spacial score (nSPS) is 11.1. The number of nitrogens with zero attached hydrogens (tertiary/aromatic N) is 2. The van der Waals surface area contributed by atoms with Gasteiger partial charge in [-0.15, -0.1) is 0 Å². The number of fused-ring (bicyclic) bond motifs is 2. The zero-order chi connectivity index (χ0) is 17.4. The van der Waals surface area contributed by atoms with Crippen molar-refractivity contribution in [3.05, 3.63) is 86.9 Å². The topological polar surface area (TPSA) is 43.6 Å². The Balaban J connectivity index is 1.66. The Labute approximate surface area is 152 Å². The minimum atomic E-state index is -0.110. The molecule has 0 aliphatic rings. The Morgan fingerprint density at radius 1 is 1.12 bits per heavy atom. The highest BCUT2D eigenvalue weighted by Gasteiger charge is 2.08. The number of halogens is 1. The molecule has 2 aromatic carbocycles. The SMILES string of the molecule is Cc1ccn2c(=O)cc(COc3ccc4ccccc4c3Br)nc2c1. The maximum Gasteiger partial charge on any atom is 0.258 e. The highest BCUT2D eigenvalue weighted by Crippen LogP contribution is 2.33. The maximum absolute atomic E-state index is 12.2. The molecule has 0 aliphatic heterocycles. The Bertz CT molecular complexity index is 1150. The van der Waals surface area contributed by atoms with Gasteiger partial charge >= 0.3 is 0 Å². The minimum Gasteiger partial charge on any atom is -0.486 e. The third-order valence-electron chi connectivity index (χ3n) is 4.08. The summed E-state index contributed by atoms with van der Waals surface area (Å²) in [6.07, 6.45) is 1.74. The van der Waals surface area contributed by atoms with E-state index in [4.69, 9.17) is 4.74 Å². The number of hydrogen-bond acceptors (Lipinski definition) is 3. The Hall–Kier alpha value is -2.66. The molecule has 0 unspecified atom stereocenters. The van der Waals surface area contributed by atoms with Crippen LogP contribution in [0.4, 0.5) is 0 Å². The Morgan fingerprint density at radius 2 is 1.96 bits per heavy atom. The largest absolute Gasteiger partial charge is 0.486 e. The third kappa shape index (κ3) is 3.03. The van der Waals surface area contributed by atoms with Crippen LogP contribution in [0.15, 0.2) is 70.1 Å². The van der Waals surface area contributed by atoms with Crippen LogP contribution in [-0.2, 0) is 6.61 Å². The number of rotatable bonds is 3. The van der Waals surface area contributed by atoms with Crippen molar-refractivity contribution in [2.24, 2.45) is 0 Å². The molecule has 124 valence electrons. The fraction of sp³-hybridized carbons (Fsp3) is 0.100. The van der Waals surface area contributed by atoms with Gasteiger partial charge in [0.15, 0.2) is 0 Å². The van der Waals surface area contributed by atoms with Crippen LogP contribution in [0, 0.1) is 6.92 Å². The van der Waals surface area contributed by atoms with Crippen LogP contribution in [0.1, 0.15) is 11.3 Å². The van der Waals surface area contributed by atoms with Crippen LogP contribution in [0.2, 0.25) is 0 Å². The first kappa shape index (κ1) is 15.8. The van der Waals surface area contributed by atoms with Crippen molar-refractivity contribution in [3.8, 4) is 5.75 Å². The molecule has 0 aliphatic carbocycles. The van der Waals surface area contributed by atoms with Crippen molar-refractivity contribution in [1.29, 1.82) is 0 Å². The van der Waals surface area contributed by atoms with Gasteiger partial charge in [0, 0.05) is 12.3 Å². The zero-order valence-electron chi connectivity index (χ0n) is 13.6. The molecule has 0 saturated heterocycles. The first-order chi connectivity index (χ1) is 12.1. The average Bonchev–Trinajstić information content (AvgIpc) is 2.61. The van der Waals surface area contributed by atoms with Gasteiger partial charge in [-0.1, -0.05) is 30.3 Å². The van der Waals surface area contributed by atoms with E-state index in [0.29, 0.717) is 11.3 Å². The lowest BCUT2D eigenvalue weighted by molar-refractivity contribution is 0.300. The van der Waals surface area contributed by atoms with Gasteiger partial charge in [-0.3, -0.25) is 9.20 Å². The van der Waals surface area contributed by atoms with E-state index in [9.17, 15) is 4.79 Å². The van der Waals surface area contributed by atoms with Crippen molar-refractivity contribution < 1.29 is 4.74 Å². The molecular weight excluding hydrogens is 380 g/mol. The molecule has 0 N–H and O–H groups in total. The van der Waals surface area contributed by atoms with Crippen molar-refractivity contribution in [3.63, 3.8) is 0 Å². The molecular formula is C20H15BrN2O2. The fourth-order valence-electron chi connectivity index (χ4n) is 2.80. The van der Waals surface area contributed by atoms with Gasteiger partial charge < -0.3 is 4.74 Å². The van der Waals surface area contributed by atoms with E-state index in [2.05, 4.69) is 27.0 Å². The van der Waals surface area contributed by atoms with Gasteiger partial charge in [-0.25, -0.2) is 4.98 Å². The van der Waals surface area contributed by atoms with Crippen LogP contribution in [0.25, 0.3) is 16.4 Å². The van der Waals surface area contributed by atoms with Crippen LogP contribution in [0.5, 0.6) is 5.75 Å². The molecule has 5 heteroatoms. The van der Waals surface area contributed by atoms with Crippen LogP contribution in [-0.4, -0.2) is 9.38 Å². The first-order valence-corrected chi connectivity index (χ1v) is 8.70. The van der Waals surface area contributed by atoms with Crippen LogP contribution < -0.4 is 10.3 Å². The third-order valence-corrected chi connectivity index (χ3v) is 4.90. The van der Waals surface area contributed by atoms with Crippen molar-refractivity contribution in [1.82, 2.24) is 9.38 Å². The number of pyridine rings is 1. The van der Waals surface area contributed by atoms with E-state index in [1.807, 2.05) is 49.4 Å². The van der Waals surface area contributed by atoms with E-state index in [1.165, 1.54) is 10.5 Å². The first-order valence-electron chi connectivity index (χ1n) is 7.91. The van der Waals surface area contributed by atoms with Gasteiger partial charge in [0.05, 0.1) is 10.2 Å². The lowest BCUT2D eigenvalue weighted by Gasteiger charge is -2.10. The second kappa shape index (κ2) is 6.33. The molecule has 4 rings (SSSR count). The fourth-order valence-corrected chi connectivity index (χ4v) is 3.41. The van der Waals surface area contributed by atoms with Crippen molar-refractivity contribution >= 4 is 32.3 Å². The molecule has 0 bridgehead atoms. The second-order valence-electron chi connectivity index (χ2n) is 5.91. The minimum absolute atomic E-state index is 0.110. The van der Waals surface area contributed by atoms with Crippen molar-refractivity contribution in [2.75, 3.05) is 0 Å². The van der Waals surface area contributed by atoms with Gasteiger partial charge in [0.2, 0.25) is 0 Å². The van der Waals surface area contributed by atoms with E-state index in [-0.39, 0.29) is 12.2 Å². The molecule has 2 aromatic heterocycles. The molecule has 0 spiro atoms. The van der Waals surface area contributed by atoms with Crippen LogP contribution >= 0.6 is 15.9 Å². The second-order valence-corrected chi connectivity index (χ2v) is 6.70. The average molecular weight is 395 g/mol. The zero-order valence-corrected chi connectivity index (χ0v) is 15.2. The highest BCUT2D eigenvalue weighted by atomic mass is 79.9. The number of aryl methyl sites for hydroxylation is 1. The smallest absolute Gasteiger partial charge is 0.258 e. The number of ether oxygens (including phenoxy) is 1. The van der Waals surface area contributed by atoms with E-state index in [1.54, 1.807) is 6.20 Å². The molecule has 0 saturated carbocycles. The summed E-state index contributed by atoms with van der Waals surface area (Å²) in [5, 5.41) is 2.22. The number of hydrogen-bond donors (Lipinski definition) is 0. The number of benzene rings is 2. The lowest BCUT2D eigenvalue weighted by Crippen LogP contribution is -2.16. The molecule has 0 atom stereocenters. The summed E-state index contributed by atoms with van der Waals surface area (Å²) in [6, 6.07) is 17.3. The summed E-state index contributed by atoms with van der Waals surface area (Å²) in [5.74, 6) is 0.727. The van der Waals surface area contributed by atoms with Gasteiger partial charge in [-0.05, 0) is 57.4 Å². The molecule has 4 nitrogen and oxygen atoms in total. The lowest BCUT2D eigenvalue weighted by atomic mass is 10.1. The van der Waals surface area contributed by atoms with E-state index >= 15 is 0 Å². The van der Waals surface area contributed by atoms with Gasteiger partial charge in [-0.2, -0.15) is 0 Å². The summed E-state index contributed by atoms with van der Waals surface area (Å²) in [4.78, 5) is 16.7. The predicted molar refractivity (Wildman–Crippen MR) is 102 cm³/mol. The summed E-state index contributed by atoms with van der Waals surface area (Å²) in [5.41, 5.74) is 2.18. The molecule has 25 heavy (non-hydrogen) atoms. The molecule has 2 heterocycles. The standard InChI is InChI=1S/C20H15BrN2O2/c1-13-8-9-23-18(10-13)22-15(11-19(23)24)12-25-17-7-6-14-4-2-3-5-16(14)20(17)21/h2-11H,12H2,1H3. The van der Waals surface area contributed by atoms with Gasteiger partial charge in [0.1, 0.15) is 18.0 Å². The molecule has 4 aromatic rings. The van der Waals surface area contributed by atoms with E-state index < -0.39 is 0 Å². The monoisotopic (exact) mass is 394 g/mol. The molecule has 0 radical (unpaired) electrons. The predicted octanol–water partition coefficient (Wildman–Crippen LogP) is 4.50. The summed E-state index contributed by atoms with van der Waals surface area (Å²) in [7, 11) is 0. The number of aromatic nitrogens is 2. The maximum atomic E-state index is 12.2. The van der Waals surface area contributed by atoms with Crippen molar-refractivity contribution in [2.45, 2.75) is 13.5 Å². The van der Waals surface area contributed by atoms with Gasteiger partial charge in [0.25, 0.3) is 5.56 Å². The summed E-state index contributed by atoms with van der Waals surface area (Å²) in [6.45, 7) is 2.21. The summed E-state index contributed by atoms with van der Waals surface area (Å²) >= 11 is 3.61. The summed E-state index contributed by atoms with van der Waals surface area (Å²) < 4.78 is 8.34. The van der Waals surface area contributed by atoms with E-state index in [0.717, 1.165) is 26.6 Å². The Morgan fingerprint density at radius 3 is 2.84 bits per heavy atom.